The molecule has 0 amide bonds. The molecule has 0 atom stereocenters. The summed E-state index contributed by atoms with van der Waals surface area (Å²) in [6, 6.07) is 8.03. The Bertz CT molecular complexity index is 908. The number of nitriles is 1. The average molecular weight is 323 g/mol. The van der Waals surface area contributed by atoms with Crippen molar-refractivity contribution in [2.45, 2.75) is 11.1 Å². The van der Waals surface area contributed by atoms with Gasteiger partial charge in [-0.2, -0.15) is 5.26 Å². The van der Waals surface area contributed by atoms with Crippen LogP contribution in [0.1, 0.15) is 17.3 Å². The van der Waals surface area contributed by atoms with Crippen molar-refractivity contribution >= 4 is 23.2 Å². The van der Waals surface area contributed by atoms with Crippen LogP contribution in [0, 0.1) is 11.3 Å². The van der Waals surface area contributed by atoms with Gasteiger partial charge in [0.25, 0.3) is 0 Å². The highest BCUT2D eigenvalue weighted by molar-refractivity contribution is 7.98. The van der Waals surface area contributed by atoms with Crippen LogP contribution in [0.25, 0.3) is 5.65 Å². The van der Waals surface area contributed by atoms with Gasteiger partial charge in [-0.15, -0.1) is 10.2 Å². The van der Waals surface area contributed by atoms with Crippen LogP contribution < -0.4 is 4.90 Å². The van der Waals surface area contributed by atoms with Crippen molar-refractivity contribution in [2.75, 3.05) is 24.2 Å². The summed E-state index contributed by atoms with van der Waals surface area (Å²) in [6.07, 6.45) is 5.49. The first-order chi connectivity index (χ1) is 11.3. The van der Waals surface area contributed by atoms with E-state index in [0.29, 0.717) is 16.5 Å². The first-order valence-corrected chi connectivity index (χ1v) is 8.38. The first kappa shape index (κ1) is 14.0. The third kappa shape index (κ3) is 2.29. The maximum absolute atomic E-state index is 9.25. The maximum atomic E-state index is 9.25. The van der Waals surface area contributed by atoms with Gasteiger partial charge < -0.3 is 4.90 Å². The fourth-order valence-electron chi connectivity index (χ4n) is 2.73. The number of rotatable bonds is 3. The number of hydrogen-bond donors (Lipinski definition) is 0. The van der Waals surface area contributed by atoms with Gasteiger partial charge >= 0.3 is 0 Å². The summed E-state index contributed by atoms with van der Waals surface area (Å²) in [7, 11) is 0. The molecular weight excluding hydrogens is 310 g/mol. The predicted octanol–water partition coefficient (Wildman–Crippen LogP) is 1.72. The molecule has 1 fully saturated rings. The molecule has 1 aliphatic rings. The largest absolute Gasteiger partial charge is 0.354 e. The van der Waals surface area contributed by atoms with Crippen molar-refractivity contribution in [1.29, 1.82) is 5.26 Å². The topological polar surface area (TPSA) is 83.0 Å². The second-order valence-electron chi connectivity index (χ2n) is 5.29. The molecule has 1 aliphatic heterocycles. The molecule has 0 unspecified atom stereocenters. The smallest absolute Gasteiger partial charge is 0.189 e. The Balaban J connectivity index is 1.59. The average Bonchev–Trinajstić information content (AvgIpc) is 2.97. The summed E-state index contributed by atoms with van der Waals surface area (Å²) in [4.78, 5) is 10.7. The minimum absolute atomic E-state index is 0.284. The van der Waals surface area contributed by atoms with Gasteiger partial charge in [-0.25, -0.2) is 9.97 Å². The molecule has 4 rings (SSSR count). The highest BCUT2D eigenvalue weighted by Gasteiger charge is 2.34. The number of hydrogen-bond acceptors (Lipinski definition) is 7. The van der Waals surface area contributed by atoms with Crippen molar-refractivity contribution in [3.05, 3.63) is 42.0 Å². The summed E-state index contributed by atoms with van der Waals surface area (Å²) in [5.74, 6) is 1.94. The summed E-state index contributed by atoms with van der Waals surface area (Å²) < 4.78 is 2.01. The van der Waals surface area contributed by atoms with Crippen LogP contribution >= 0.6 is 11.8 Å². The van der Waals surface area contributed by atoms with Crippen molar-refractivity contribution < 1.29 is 0 Å². The highest BCUT2D eigenvalue weighted by atomic mass is 32.2. The van der Waals surface area contributed by atoms with E-state index in [1.165, 1.54) is 11.8 Å². The van der Waals surface area contributed by atoms with Crippen LogP contribution in [0.4, 0.5) is 5.82 Å². The van der Waals surface area contributed by atoms with Crippen molar-refractivity contribution in [2.24, 2.45) is 0 Å². The molecule has 3 aromatic rings. The number of anilines is 1. The van der Waals surface area contributed by atoms with E-state index in [-0.39, 0.29) is 5.92 Å². The molecule has 0 aliphatic carbocycles. The van der Waals surface area contributed by atoms with Crippen molar-refractivity contribution in [3.8, 4) is 6.07 Å². The van der Waals surface area contributed by atoms with Crippen LogP contribution in [-0.4, -0.2) is 43.9 Å². The van der Waals surface area contributed by atoms with Crippen LogP contribution in [0.15, 0.2) is 35.7 Å². The van der Waals surface area contributed by atoms with E-state index in [2.05, 4.69) is 31.1 Å². The Morgan fingerprint density at radius 1 is 1.30 bits per heavy atom. The van der Waals surface area contributed by atoms with Crippen LogP contribution in [-0.2, 0) is 0 Å². The Hall–Kier alpha value is -2.66. The maximum Gasteiger partial charge on any atom is 0.189 e. The Labute approximate surface area is 137 Å². The zero-order valence-electron chi connectivity index (χ0n) is 12.4. The Morgan fingerprint density at radius 3 is 2.96 bits per heavy atom. The molecule has 7 nitrogen and oxygen atoms in total. The lowest BCUT2D eigenvalue weighted by molar-refractivity contribution is 0.490. The van der Waals surface area contributed by atoms with E-state index in [9.17, 15) is 5.26 Å². The van der Waals surface area contributed by atoms with Crippen molar-refractivity contribution in [3.63, 3.8) is 0 Å². The Kier molecular flexibility index (Phi) is 3.35. The van der Waals surface area contributed by atoms with Gasteiger partial charge in [0.05, 0.1) is 12.1 Å². The Morgan fingerprint density at radius 2 is 2.17 bits per heavy atom. The van der Waals surface area contributed by atoms with E-state index in [4.69, 9.17) is 0 Å². The number of aromatic nitrogens is 5. The third-order valence-electron chi connectivity index (χ3n) is 3.94. The lowest BCUT2D eigenvalue weighted by Gasteiger charge is -2.39. The number of nitrogens with zero attached hydrogens (tertiary/aromatic N) is 7. The van der Waals surface area contributed by atoms with E-state index in [1.54, 1.807) is 6.20 Å². The lowest BCUT2D eigenvalue weighted by Crippen LogP contribution is -2.46. The third-order valence-corrected chi connectivity index (χ3v) is 4.50. The standard InChI is InChI=1S/C15H13N7S/c1-23-15-17-7-10(6-16)13(18-15)21-8-11(9-21)14-20-19-12-4-2-3-5-22(12)14/h2-5,7,11H,8-9H2,1H3. The molecule has 114 valence electrons. The minimum atomic E-state index is 0.284. The van der Waals surface area contributed by atoms with Crippen molar-refractivity contribution in [1.82, 2.24) is 24.6 Å². The molecule has 0 saturated carbocycles. The number of fused-ring (bicyclic) bond motifs is 1. The van der Waals surface area contributed by atoms with Gasteiger partial charge in [-0.1, -0.05) is 17.8 Å². The molecule has 0 bridgehead atoms. The van der Waals surface area contributed by atoms with E-state index >= 15 is 0 Å². The van der Waals surface area contributed by atoms with Gasteiger partial charge in [0.2, 0.25) is 0 Å². The molecular formula is C15H13N7S. The number of pyridine rings is 1. The minimum Gasteiger partial charge on any atom is -0.354 e. The number of thioether (sulfide) groups is 1. The molecule has 0 aromatic carbocycles. The first-order valence-electron chi connectivity index (χ1n) is 7.16. The quantitative estimate of drug-likeness (QED) is 0.536. The lowest BCUT2D eigenvalue weighted by atomic mass is 9.99. The zero-order valence-corrected chi connectivity index (χ0v) is 13.2. The van der Waals surface area contributed by atoms with Gasteiger partial charge in [0, 0.05) is 19.3 Å². The molecule has 0 radical (unpaired) electrons. The van der Waals surface area contributed by atoms with Crippen LogP contribution in [0.5, 0.6) is 0 Å². The second kappa shape index (κ2) is 5.52. The molecule has 4 heterocycles. The van der Waals surface area contributed by atoms with E-state index < -0.39 is 0 Å². The highest BCUT2D eigenvalue weighted by Crippen LogP contribution is 2.32. The van der Waals surface area contributed by atoms with Crippen LogP contribution in [0.3, 0.4) is 0 Å². The molecule has 3 aromatic heterocycles. The summed E-state index contributed by atoms with van der Waals surface area (Å²) in [6.45, 7) is 1.55. The molecule has 23 heavy (non-hydrogen) atoms. The molecule has 8 heteroatoms. The predicted molar refractivity (Wildman–Crippen MR) is 86.5 cm³/mol. The second-order valence-corrected chi connectivity index (χ2v) is 6.07. The van der Waals surface area contributed by atoms with Gasteiger partial charge in [-0.05, 0) is 18.4 Å². The van der Waals surface area contributed by atoms with E-state index in [0.717, 1.165) is 24.6 Å². The van der Waals surface area contributed by atoms with Gasteiger partial charge in [0.15, 0.2) is 16.6 Å². The van der Waals surface area contributed by atoms with Crippen LogP contribution in [0.2, 0.25) is 0 Å². The SMILES string of the molecule is CSc1ncc(C#N)c(N2CC(c3nnc4ccccn34)C2)n1. The van der Waals surface area contributed by atoms with Gasteiger partial charge in [-0.3, -0.25) is 4.40 Å². The van der Waals surface area contributed by atoms with E-state index in [1.807, 2.05) is 35.1 Å². The molecule has 0 spiro atoms. The van der Waals surface area contributed by atoms with Gasteiger partial charge in [0.1, 0.15) is 17.5 Å². The molecule has 0 N–H and O–H groups in total. The normalized spacial score (nSPS) is 14.7. The summed E-state index contributed by atoms with van der Waals surface area (Å²) >= 11 is 1.47. The fourth-order valence-corrected chi connectivity index (χ4v) is 3.06. The monoisotopic (exact) mass is 323 g/mol. The summed E-state index contributed by atoms with van der Waals surface area (Å²) in [5, 5.41) is 18.4. The summed E-state index contributed by atoms with van der Waals surface area (Å²) in [5.41, 5.74) is 1.36. The zero-order chi connectivity index (χ0) is 15.8. The molecule has 1 saturated heterocycles. The fraction of sp³-hybridized carbons (Fsp3) is 0.267.